The third-order valence-electron chi connectivity index (χ3n) is 3.98. The molecule has 3 aliphatic rings. The fraction of sp³-hybridized carbons (Fsp3) is 0.375. The van der Waals surface area contributed by atoms with Gasteiger partial charge in [0.2, 0.25) is 0 Å². The number of nitrogens with zero attached hydrogens (tertiary/aromatic N) is 2. The smallest absolute Gasteiger partial charge is 0.189 e. The van der Waals surface area contributed by atoms with Crippen molar-refractivity contribution >= 4 is 11.4 Å². The normalized spacial score (nSPS) is 23.3. The highest BCUT2D eigenvalue weighted by molar-refractivity contribution is 6.27. The molecule has 0 saturated carbocycles. The third kappa shape index (κ3) is 2.01. The average Bonchev–Trinajstić information content (AvgIpc) is 3.09. The minimum atomic E-state index is -0.532. The van der Waals surface area contributed by atoms with Gasteiger partial charge in [-0.1, -0.05) is 30.3 Å². The van der Waals surface area contributed by atoms with E-state index in [0.29, 0.717) is 13.2 Å². The highest BCUT2D eigenvalue weighted by atomic mass is 16.7. The highest BCUT2D eigenvalue weighted by Gasteiger charge is 2.40. The van der Waals surface area contributed by atoms with Crippen LogP contribution in [0.4, 0.5) is 0 Å². The van der Waals surface area contributed by atoms with E-state index in [2.05, 4.69) is 28.4 Å². The van der Waals surface area contributed by atoms with Crippen LogP contribution >= 0.6 is 0 Å². The van der Waals surface area contributed by atoms with Crippen LogP contribution in [0.3, 0.4) is 0 Å². The number of ether oxygens (including phenoxy) is 2. The van der Waals surface area contributed by atoms with Gasteiger partial charge >= 0.3 is 0 Å². The molecule has 0 atom stereocenters. The minimum absolute atomic E-state index is 0.532. The van der Waals surface area contributed by atoms with Gasteiger partial charge in [0.1, 0.15) is 0 Å². The first-order valence-electron chi connectivity index (χ1n) is 7.04. The van der Waals surface area contributed by atoms with Gasteiger partial charge in [-0.3, -0.25) is 0 Å². The summed E-state index contributed by atoms with van der Waals surface area (Å²) in [6.45, 7) is 1.34. The molecule has 0 radical (unpaired) electrons. The third-order valence-corrected chi connectivity index (χ3v) is 3.98. The Hall–Kier alpha value is -1.78. The van der Waals surface area contributed by atoms with Gasteiger partial charge in [0, 0.05) is 18.4 Å². The average molecular weight is 268 g/mol. The van der Waals surface area contributed by atoms with E-state index in [4.69, 9.17) is 9.47 Å². The zero-order valence-corrected chi connectivity index (χ0v) is 11.2. The predicted molar refractivity (Wildman–Crippen MR) is 77.0 cm³/mol. The summed E-state index contributed by atoms with van der Waals surface area (Å²) in [6.07, 6.45) is 4.59. The van der Waals surface area contributed by atoms with Gasteiger partial charge < -0.3 is 9.47 Å². The molecule has 1 saturated heterocycles. The maximum absolute atomic E-state index is 5.78. The van der Waals surface area contributed by atoms with Crippen molar-refractivity contribution in [3.05, 3.63) is 47.5 Å². The van der Waals surface area contributed by atoms with Crippen LogP contribution in [0.15, 0.2) is 52.2 Å². The SMILES string of the molecule is C1=C2C(=NN=C2Cc2ccccc2)CCC12OCCO2. The Labute approximate surface area is 117 Å². The molecule has 2 aliphatic heterocycles. The summed E-state index contributed by atoms with van der Waals surface area (Å²) in [7, 11) is 0. The van der Waals surface area contributed by atoms with E-state index in [1.807, 2.05) is 18.2 Å². The van der Waals surface area contributed by atoms with E-state index in [9.17, 15) is 0 Å². The summed E-state index contributed by atoms with van der Waals surface area (Å²) in [4.78, 5) is 0. The Balaban J connectivity index is 1.62. The molecule has 4 rings (SSSR count). The van der Waals surface area contributed by atoms with Crippen LogP contribution in [0.5, 0.6) is 0 Å². The highest BCUT2D eigenvalue weighted by Crippen LogP contribution is 2.35. The number of hydrogen-bond donors (Lipinski definition) is 0. The van der Waals surface area contributed by atoms with Crippen molar-refractivity contribution in [1.29, 1.82) is 0 Å². The van der Waals surface area contributed by atoms with Gasteiger partial charge in [0.25, 0.3) is 0 Å². The minimum Gasteiger partial charge on any atom is -0.344 e. The van der Waals surface area contributed by atoms with Crippen LogP contribution in [0.1, 0.15) is 18.4 Å². The van der Waals surface area contributed by atoms with E-state index in [1.165, 1.54) is 5.56 Å². The standard InChI is InChI=1S/C16H16N2O2/c1-2-4-12(5-3-1)10-15-13-11-16(19-8-9-20-16)7-6-14(13)17-18-15/h1-5,11H,6-10H2. The second kappa shape index (κ2) is 4.65. The van der Waals surface area contributed by atoms with Crippen molar-refractivity contribution in [3.63, 3.8) is 0 Å². The zero-order valence-electron chi connectivity index (χ0n) is 11.2. The summed E-state index contributed by atoms with van der Waals surface area (Å²) in [5.74, 6) is -0.532. The van der Waals surface area contributed by atoms with Gasteiger partial charge in [0.05, 0.1) is 24.6 Å². The molecule has 2 heterocycles. The van der Waals surface area contributed by atoms with Crippen molar-refractivity contribution in [2.24, 2.45) is 10.2 Å². The summed E-state index contributed by atoms with van der Waals surface area (Å²) in [6, 6.07) is 10.3. The monoisotopic (exact) mass is 268 g/mol. The molecule has 20 heavy (non-hydrogen) atoms. The van der Waals surface area contributed by atoms with Crippen LogP contribution < -0.4 is 0 Å². The van der Waals surface area contributed by atoms with E-state index in [-0.39, 0.29) is 0 Å². The number of hydrogen-bond acceptors (Lipinski definition) is 4. The number of benzene rings is 1. The number of fused-ring (bicyclic) bond motifs is 1. The van der Waals surface area contributed by atoms with E-state index in [0.717, 1.165) is 36.3 Å². The molecule has 0 aromatic heterocycles. The summed E-state index contributed by atoms with van der Waals surface area (Å²) in [5, 5.41) is 8.67. The van der Waals surface area contributed by atoms with Gasteiger partial charge in [-0.2, -0.15) is 10.2 Å². The molecule has 4 heteroatoms. The molecular formula is C16H16N2O2. The lowest BCUT2D eigenvalue weighted by molar-refractivity contribution is -0.121. The van der Waals surface area contributed by atoms with Crippen LogP contribution in [0.2, 0.25) is 0 Å². The molecule has 1 aromatic carbocycles. The van der Waals surface area contributed by atoms with E-state index >= 15 is 0 Å². The molecule has 0 N–H and O–H groups in total. The van der Waals surface area contributed by atoms with Gasteiger partial charge in [-0.15, -0.1) is 0 Å². The summed E-state index contributed by atoms with van der Waals surface area (Å²) >= 11 is 0. The number of rotatable bonds is 2. The van der Waals surface area contributed by atoms with Crippen LogP contribution in [0, 0.1) is 0 Å². The first-order valence-corrected chi connectivity index (χ1v) is 7.04. The number of allylic oxidation sites excluding steroid dienone is 1. The van der Waals surface area contributed by atoms with Crippen LogP contribution in [-0.4, -0.2) is 30.4 Å². The topological polar surface area (TPSA) is 43.2 Å². The van der Waals surface area contributed by atoms with Crippen molar-refractivity contribution in [2.75, 3.05) is 13.2 Å². The Morgan fingerprint density at radius 3 is 2.65 bits per heavy atom. The summed E-state index contributed by atoms with van der Waals surface area (Å²) in [5.41, 5.74) is 4.45. The molecule has 0 bridgehead atoms. The maximum atomic E-state index is 5.78. The first-order chi connectivity index (χ1) is 9.85. The molecule has 0 amide bonds. The lowest BCUT2D eigenvalue weighted by Gasteiger charge is -2.28. The second-order valence-corrected chi connectivity index (χ2v) is 5.32. The molecule has 1 aliphatic carbocycles. The lowest BCUT2D eigenvalue weighted by atomic mass is 9.88. The van der Waals surface area contributed by atoms with Crippen LogP contribution in [0.25, 0.3) is 0 Å². The van der Waals surface area contributed by atoms with E-state index in [1.54, 1.807) is 0 Å². The van der Waals surface area contributed by atoms with Crippen molar-refractivity contribution in [1.82, 2.24) is 0 Å². The molecule has 1 spiro atoms. The maximum Gasteiger partial charge on any atom is 0.189 e. The van der Waals surface area contributed by atoms with Gasteiger partial charge in [0.15, 0.2) is 5.79 Å². The van der Waals surface area contributed by atoms with Crippen molar-refractivity contribution in [2.45, 2.75) is 25.0 Å². The zero-order chi connectivity index (χ0) is 13.4. The Bertz CT molecular complexity index is 611. The second-order valence-electron chi connectivity index (χ2n) is 5.32. The fourth-order valence-electron chi connectivity index (χ4n) is 2.95. The fourth-order valence-corrected chi connectivity index (χ4v) is 2.95. The van der Waals surface area contributed by atoms with E-state index < -0.39 is 5.79 Å². The Kier molecular flexibility index (Phi) is 2.79. The molecule has 1 fully saturated rings. The Morgan fingerprint density at radius 1 is 1.05 bits per heavy atom. The molecular weight excluding hydrogens is 252 g/mol. The summed E-state index contributed by atoms with van der Waals surface area (Å²) < 4.78 is 11.6. The van der Waals surface area contributed by atoms with Crippen LogP contribution in [-0.2, 0) is 15.9 Å². The largest absolute Gasteiger partial charge is 0.344 e. The quantitative estimate of drug-likeness (QED) is 0.827. The van der Waals surface area contributed by atoms with Crippen molar-refractivity contribution < 1.29 is 9.47 Å². The predicted octanol–water partition coefficient (Wildman–Crippen LogP) is 2.50. The lowest BCUT2D eigenvalue weighted by Crippen LogP contribution is -2.34. The molecule has 1 aromatic rings. The van der Waals surface area contributed by atoms with Gasteiger partial charge in [-0.25, -0.2) is 0 Å². The Morgan fingerprint density at radius 2 is 1.85 bits per heavy atom. The molecule has 0 unspecified atom stereocenters. The first kappa shape index (κ1) is 12.0. The van der Waals surface area contributed by atoms with Gasteiger partial charge in [-0.05, 0) is 18.1 Å². The van der Waals surface area contributed by atoms with Crippen molar-refractivity contribution in [3.8, 4) is 0 Å². The molecule has 4 nitrogen and oxygen atoms in total. The molecule has 102 valence electrons.